The maximum Gasteiger partial charge on any atom is 0.325 e. The van der Waals surface area contributed by atoms with Gasteiger partial charge in [-0.15, -0.1) is 0 Å². The summed E-state index contributed by atoms with van der Waals surface area (Å²) in [6.45, 7) is 5.89. The number of nitrogens with one attached hydrogen (secondary N) is 1. The first-order valence-electron chi connectivity index (χ1n) is 4.58. The van der Waals surface area contributed by atoms with Gasteiger partial charge in [-0.2, -0.15) is 0 Å². The third-order valence-corrected chi connectivity index (χ3v) is 3.31. The minimum absolute atomic E-state index is 0.143. The average Bonchev–Trinajstić information content (AvgIpc) is 2.28. The van der Waals surface area contributed by atoms with Crippen LogP contribution in [0.25, 0.3) is 0 Å². The fourth-order valence-electron chi connectivity index (χ4n) is 1.34. The van der Waals surface area contributed by atoms with Crippen molar-refractivity contribution in [2.75, 3.05) is 11.9 Å². The molecule has 1 atom stereocenters. The SMILES string of the molecule is CC(CBr)CN1C(=O)NC(C)(C)C1=O. The quantitative estimate of drug-likeness (QED) is 0.617. The lowest BCUT2D eigenvalue weighted by Crippen LogP contribution is -2.41. The monoisotopic (exact) mass is 262 g/mol. The molecule has 80 valence electrons. The average molecular weight is 263 g/mol. The minimum Gasteiger partial charge on any atom is -0.324 e. The molecular formula is C9H15BrN2O2. The summed E-state index contributed by atoms with van der Waals surface area (Å²) >= 11 is 3.32. The maximum atomic E-state index is 11.7. The van der Waals surface area contributed by atoms with Gasteiger partial charge in [-0.25, -0.2) is 4.79 Å². The van der Waals surface area contributed by atoms with Crippen molar-refractivity contribution in [1.29, 1.82) is 0 Å². The van der Waals surface area contributed by atoms with Crippen LogP contribution in [0.3, 0.4) is 0 Å². The maximum absolute atomic E-state index is 11.7. The number of nitrogens with zero attached hydrogens (tertiary/aromatic N) is 1. The van der Waals surface area contributed by atoms with Crippen LogP contribution in [0.15, 0.2) is 0 Å². The Kier molecular flexibility index (Phi) is 3.19. The van der Waals surface area contributed by atoms with Gasteiger partial charge in [-0.1, -0.05) is 22.9 Å². The lowest BCUT2D eigenvalue weighted by Gasteiger charge is -2.18. The van der Waals surface area contributed by atoms with E-state index in [-0.39, 0.29) is 17.9 Å². The van der Waals surface area contributed by atoms with Crippen LogP contribution < -0.4 is 5.32 Å². The zero-order valence-corrected chi connectivity index (χ0v) is 10.2. The van der Waals surface area contributed by atoms with E-state index in [2.05, 4.69) is 21.2 Å². The molecule has 0 radical (unpaired) electrons. The second-order valence-electron chi connectivity index (χ2n) is 4.23. The van der Waals surface area contributed by atoms with Crippen molar-refractivity contribution in [2.45, 2.75) is 26.3 Å². The van der Waals surface area contributed by atoms with E-state index in [9.17, 15) is 9.59 Å². The van der Waals surface area contributed by atoms with Gasteiger partial charge in [0.05, 0.1) is 0 Å². The van der Waals surface area contributed by atoms with E-state index in [4.69, 9.17) is 0 Å². The Morgan fingerprint density at radius 3 is 2.43 bits per heavy atom. The van der Waals surface area contributed by atoms with E-state index in [1.54, 1.807) is 13.8 Å². The van der Waals surface area contributed by atoms with E-state index in [0.29, 0.717) is 6.54 Å². The molecule has 1 saturated heterocycles. The molecule has 0 aliphatic carbocycles. The summed E-state index contributed by atoms with van der Waals surface area (Å²) in [6, 6.07) is -0.284. The summed E-state index contributed by atoms with van der Waals surface area (Å²) in [5, 5.41) is 3.43. The molecule has 1 unspecified atom stereocenters. The van der Waals surface area contributed by atoms with Crippen molar-refractivity contribution in [1.82, 2.24) is 10.2 Å². The van der Waals surface area contributed by atoms with Crippen molar-refractivity contribution in [2.24, 2.45) is 5.92 Å². The highest BCUT2D eigenvalue weighted by Gasteiger charge is 2.44. The molecule has 1 heterocycles. The van der Waals surface area contributed by atoms with Crippen molar-refractivity contribution in [3.63, 3.8) is 0 Å². The first-order valence-corrected chi connectivity index (χ1v) is 5.70. The van der Waals surface area contributed by atoms with E-state index in [0.717, 1.165) is 5.33 Å². The van der Waals surface area contributed by atoms with Crippen LogP contribution in [0.5, 0.6) is 0 Å². The van der Waals surface area contributed by atoms with Crippen molar-refractivity contribution in [3.05, 3.63) is 0 Å². The molecule has 0 aromatic rings. The van der Waals surface area contributed by atoms with E-state index in [1.165, 1.54) is 4.90 Å². The van der Waals surface area contributed by atoms with Gasteiger partial charge in [0.15, 0.2) is 0 Å². The van der Waals surface area contributed by atoms with Crippen LogP contribution in [0, 0.1) is 5.92 Å². The smallest absolute Gasteiger partial charge is 0.324 e. The molecule has 1 rings (SSSR count). The van der Waals surface area contributed by atoms with E-state index in [1.807, 2.05) is 6.92 Å². The van der Waals surface area contributed by atoms with Crippen LogP contribution in [-0.4, -0.2) is 34.3 Å². The number of urea groups is 1. The van der Waals surface area contributed by atoms with Gasteiger partial charge in [0, 0.05) is 11.9 Å². The first-order chi connectivity index (χ1) is 6.38. The molecule has 1 aliphatic heterocycles. The molecule has 0 bridgehead atoms. The van der Waals surface area contributed by atoms with Crippen LogP contribution in [-0.2, 0) is 4.79 Å². The molecule has 0 spiro atoms. The molecule has 14 heavy (non-hydrogen) atoms. The van der Waals surface area contributed by atoms with E-state index < -0.39 is 5.54 Å². The number of halogens is 1. The number of rotatable bonds is 3. The number of carbonyl (C=O) groups is 2. The van der Waals surface area contributed by atoms with Crippen LogP contribution in [0.1, 0.15) is 20.8 Å². The molecule has 1 aliphatic rings. The fourth-order valence-corrected chi connectivity index (χ4v) is 1.55. The lowest BCUT2D eigenvalue weighted by atomic mass is 10.1. The standard InChI is InChI=1S/C9H15BrN2O2/c1-6(4-10)5-12-7(13)9(2,3)11-8(12)14/h6H,4-5H2,1-3H3,(H,11,14). The van der Waals surface area contributed by atoms with Gasteiger partial charge < -0.3 is 5.32 Å². The van der Waals surface area contributed by atoms with Gasteiger partial charge in [0.25, 0.3) is 5.91 Å². The summed E-state index contributed by atoms with van der Waals surface area (Å²) in [5.74, 6) is 0.133. The highest BCUT2D eigenvalue weighted by molar-refractivity contribution is 9.09. The number of carbonyl (C=O) groups excluding carboxylic acids is 2. The summed E-state index contributed by atoms with van der Waals surface area (Å²) in [4.78, 5) is 24.4. The summed E-state index contributed by atoms with van der Waals surface area (Å²) < 4.78 is 0. The predicted molar refractivity (Wildman–Crippen MR) is 57.3 cm³/mol. The molecule has 5 heteroatoms. The third kappa shape index (κ3) is 2.08. The van der Waals surface area contributed by atoms with Crippen molar-refractivity contribution < 1.29 is 9.59 Å². The van der Waals surface area contributed by atoms with Crippen molar-refractivity contribution >= 4 is 27.9 Å². The van der Waals surface area contributed by atoms with Crippen LogP contribution >= 0.6 is 15.9 Å². The summed E-state index contributed by atoms with van der Waals surface area (Å²) in [5.41, 5.74) is -0.747. The third-order valence-electron chi connectivity index (χ3n) is 2.20. The highest BCUT2D eigenvalue weighted by Crippen LogP contribution is 2.18. The second kappa shape index (κ2) is 3.88. The molecule has 0 saturated carbocycles. The van der Waals surface area contributed by atoms with Gasteiger partial charge in [0.2, 0.25) is 0 Å². The Morgan fingerprint density at radius 1 is 1.50 bits per heavy atom. The lowest BCUT2D eigenvalue weighted by molar-refractivity contribution is -0.130. The minimum atomic E-state index is -0.747. The van der Waals surface area contributed by atoms with E-state index >= 15 is 0 Å². The Morgan fingerprint density at radius 2 is 2.07 bits per heavy atom. The molecule has 1 fully saturated rings. The first kappa shape index (κ1) is 11.5. The van der Waals surface area contributed by atoms with Crippen LogP contribution in [0.2, 0.25) is 0 Å². The zero-order chi connectivity index (χ0) is 10.9. The molecule has 4 nitrogen and oxygen atoms in total. The second-order valence-corrected chi connectivity index (χ2v) is 4.88. The van der Waals surface area contributed by atoms with Gasteiger partial charge in [-0.3, -0.25) is 9.69 Å². The Hall–Kier alpha value is -0.580. The van der Waals surface area contributed by atoms with Crippen molar-refractivity contribution in [3.8, 4) is 0 Å². The Bertz CT molecular complexity index is 266. The number of hydrogen-bond acceptors (Lipinski definition) is 2. The molecule has 1 N–H and O–H groups in total. The topological polar surface area (TPSA) is 49.4 Å². The Labute approximate surface area is 92.2 Å². The Balaban J connectivity index is 2.71. The van der Waals surface area contributed by atoms with Gasteiger partial charge in [-0.05, 0) is 19.8 Å². The van der Waals surface area contributed by atoms with Gasteiger partial charge in [0.1, 0.15) is 5.54 Å². The number of amides is 3. The molecular weight excluding hydrogens is 248 g/mol. The highest BCUT2D eigenvalue weighted by atomic mass is 79.9. The molecule has 3 amide bonds. The molecule has 0 aromatic carbocycles. The zero-order valence-electron chi connectivity index (χ0n) is 8.63. The molecule has 0 aromatic heterocycles. The fraction of sp³-hybridized carbons (Fsp3) is 0.778. The largest absolute Gasteiger partial charge is 0.325 e. The normalized spacial score (nSPS) is 22.4. The summed E-state index contributed by atoms with van der Waals surface area (Å²) in [7, 11) is 0. The number of alkyl halides is 1. The predicted octanol–water partition coefficient (Wildman–Crippen LogP) is 1.35. The number of hydrogen-bond donors (Lipinski definition) is 1. The van der Waals surface area contributed by atoms with Gasteiger partial charge >= 0.3 is 6.03 Å². The number of imide groups is 1. The summed E-state index contributed by atoms with van der Waals surface area (Å²) in [6.07, 6.45) is 0. The van der Waals surface area contributed by atoms with Crippen LogP contribution in [0.4, 0.5) is 4.79 Å².